The molecule has 1 fully saturated rings. The van der Waals surface area contributed by atoms with E-state index in [1.807, 2.05) is 56.0 Å². The number of hydrogen-bond acceptors (Lipinski definition) is 6. The normalized spacial score (nSPS) is 16.3. The van der Waals surface area contributed by atoms with Crippen molar-refractivity contribution in [2.24, 2.45) is 0 Å². The van der Waals surface area contributed by atoms with E-state index in [2.05, 4.69) is 26.3 Å². The third kappa shape index (κ3) is 5.55. The van der Waals surface area contributed by atoms with Gasteiger partial charge in [0.1, 0.15) is 0 Å². The van der Waals surface area contributed by atoms with Crippen LogP contribution in [0, 0.1) is 20.8 Å². The molecule has 1 saturated heterocycles. The summed E-state index contributed by atoms with van der Waals surface area (Å²) in [7, 11) is 0. The highest BCUT2D eigenvalue weighted by atomic mass is 16.2. The molecule has 7 nitrogen and oxygen atoms in total. The van der Waals surface area contributed by atoms with Crippen molar-refractivity contribution in [1.82, 2.24) is 24.8 Å². The zero-order chi connectivity index (χ0) is 22.5. The van der Waals surface area contributed by atoms with Crippen LogP contribution < -0.4 is 5.32 Å². The van der Waals surface area contributed by atoms with Crippen LogP contribution in [0.1, 0.15) is 47.1 Å². The van der Waals surface area contributed by atoms with Crippen LogP contribution in [0.2, 0.25) is 0 Å². The minimum Gasteiger partial charge on any atom is -0.338 e. The van der Waals surface area contributed by atoms with Gasteiger partial charge in [0.25, 0.3) is 0 Å². The summed E-state index contributed by atoms with van der Waals surface area (Å²) >= 11 is 0. The Hall–Kier alpha value is -3.61. The average Bonchev–Trinajstić information content (AvgIpc) is 2.77. The number of aryl methyl sites for hydroxylation is 3. The highest BCUT2D eigenvalue weighted by molar-refractivity contribution is 5.91. The molecule has 7 heteroatoms. The maximum Gasteiger partial charge on any atom is 0.246 e. The van der Waals surface area contributed by atoms with Gasteiger partial charge in [-0.2, -0.15) is 0 Å². The molecule has 32 heavy (non-hydrogen) atoms. The molecule has 1 amide bonds. The Bertz CT molecular complexity index is 1110. The number of rotatable bonds is 5. The molecule has 1 atom stereocenters. The van der Waals surface area contributed by atoms with Gasteiger partial charge >= 0.3 is 0 Å². The number of carbonyl (C=O) groups is 1. The third-order valence-electron chi connectivity index (χ3n) is 5.47. The Morgan fingerprint density at radius 2 is 1.88 bits per heavy atom. The second kappa shape index (κ2) is 9.68. The second-order valence-corrected chi connectivity index (χ2v) is 8.26. The first-order valence-corrected chi connectivity index (χ1v) is 10.9. The molecule has 1 N–H and O–H groups in total. The Morgan fingerprint density at radius 3 is 2.62 bits per heavy atom. The van der Waals surface area contributed by atoms with Crippen molar-refractivity contribution in [3.05, 3.63) is 77.1 Å². The lowest BCUT2D eigenvalue weighted by Crippen LogP contribution is -2.38. The maximum absolute atomic E-state index is 12.8. The summed E-state index contributed by atoms with van der Waals surface area (Å²) < 4.78 is 0. The molecular formula is C25H28N6O. The van der Waals surface area contributed by atoms with Gasteiger partial charge in [-0.05, 0) is 69.5 Å². The first-order chi connectivity index (χ1) is 15.5. The lowest BCUT2D eigenvalue weighted by Gasteiger charge is -2.32. The maximum atomic E-state index is 12.8. The van der Waals surface area contributed by atoms with E-state index in [1.54, 1.807) is 18.5 Å². The molecular weight excluding hydrogens is 400 g/mol. The lowest BCUT2D eigenvalue weighted by atomic mass is 9.93. The fraction of sp³-hybridized carbons (Fsp3) is 0.320. The number of pyridine rings is 2. The summed E-state index contributed by atoms with van der Waals surface area (Å²) in [6, 6.07) is 9.79. The number of piperidine rings is 1. The summed E-state index contributed by atoms with van der Waals surface area (Å²) in [6.45, 7) is 7.32. The standard InChI is InChI=1S/C25H28N6O/c1-17-12-18(2)29-25(28-17)30-22-13-19(3)27-23(14-22)21-7-5-11-31(16-21)24(32)9-8-20-6-4-10-26-15-20/h4,6,8-10,12-15,21H,5,7,11,16H2,1-3H3,(H,27,28,29,30)/b9-8+/t21-/m1/s1. The van der Waals surface area contributed by atoms with E-state index in [0.29, 0.717) is 12.5 Å². The summed E-state index contributed by atoms with van der Waals surface area (Å²) in [5.41, 5.74) is 5.59. The van der Waals surface area contributed by atoms with Crippen LogP contribution in [0.3, 0.4) is 0 Å². The van der Waals surface area contributed by atoms with Gasteiger partial charge in [-0.15, -0.1) is 0 Å². The number of amides is 1. The number of hydrogen-bond donors (Lipinski definition) is 1. The number of carbonyl (C=O) groups excluding carboxylic acids is 1. The highest BCUT2D eigenvalue weighted by Gasteiger charge is 2.25. The van der Waals surface area contributed by atoms with E-state index in [4.69, 9.17) is 4.98 Å². The average molecular weight is 429 g/mol. The van der Waals surface area contributed by atoms with Crippen LogP contribution in [0.25, 0.3) is 6.08 Å². The van der Waals surface area contributed by atoms with Crippen LogP contribution in [0.5, 0.6) is 0 Å². The molecule has 0 radical (unpaired) electrons. The zero-order valence-corrected chi connectivity index (χ0v) is 18.7. The smallest absolute Gasteiger partial charge is 0.246 e. The number of anilines is 2. The quantitative estimate of drug-likeness (QED) is 0.608. The van der Waals surface area contributed by atoms with Gasteiger partial charge in [0.05, 0.1) is 0 Å². The predicted octanol–water partition coefficient (Wildman–Crippen LogP) is 4.35. The van der Waals surface area contributed by atoms with E-state index in [0.717, 1.165) is 53.4 Å². The van der Waals surface area contributed by atoms with Gasteiger partial charge in [0.2, 0.25) is 11.9 Å². The molecule has 0 aliphatic carbocycles. The van der Waals surface area contributed by atoms with Crippen LogP contribution in [0.4, 0.5) is 11.6 Å². The molecule has 0 bridgehead atoms. The van der Waals surface area contributed by atoms with Crippen LogP contribution >= 0.6 is 0 Å². The summed E-state index contributed by atoms with van der Waals surface area (Å²) in [6.07, 6.45) is 8.87. The molecule has 0 aromatic carbocycles. The highest BCUT2D eigenvalue weighted by Crippen LogP contribution is 2.28. The molecule has 4 rings (SSSR count). The monoisotopic (exact) mass is 428 g/mol. The van der Waals surface area contributed by atoms with Crippen molar-refractivity contribution in [2.45, 2.75) is 39.5 Å². The Labute approximate surface area is 188 Å². The van der Waals surface area contributed by atoms with Gasteiger partial charge in [-0.25, -0.2) is 9.97 Å². The first-order valence-electron chi connectivity index (χ1n) is 10.9. The SMILES string of the molecule is Cc1cc(Nc2nc(C)cc(C)n2)cc([C@@H]2CCCN(C(=O)/C=C/c3cccnc3)C2)n1. The van der Waals surface area contributed by atoms with E-state index >= 15 is 0 Å². The summed E-state index contributed by atoms with van der Waals surface area (Å²) in [4.78, 5) is 32.5. The van der Waals surface area contributed by atoms with Crippen LogP contribution in [-0.4, -0.2) is 43.8 Å². The minimum absolute atomic E-state index is 0.0215. The third-order valence-corrected chi connectivity index (χ3v) is 5.47. The summed E-state index contributed by atoms with van der Waals surface area (Å²) in [5.74, 6) is 0.799. The van der Waals surface area contributed by atoms with Crippen molar-refractivity contribution in [3.8, 4) is 0 Å². The number of likely N-dealkylation sites (tertiary alicyclic amines) is 1. The van der Waals surface area contributed by atoms with Crippen molar-refractivity contribution in [1.29, 1.82) is 0 Å². The first kappa shape index (κ1) is 21.6. The fourth-order valence-electron chi connectivity index (χ4n) is 4.05. The minimum atomic E-state index is 0.0215. The Kier molecular flexibility index (Phi) is 6.54. The molecule has 0 spiro atoms. The van der Waals surface area contributed by atoms with E-state index < -0.39 is 0 Å². The number of nitrogens with zero attached hydrogens (tertiary/aromatic N) is 5. The zero-order valence-electron chi connectivity index (χ0n) is 18.7. The lowest BCUT2D eigenvalue weighted by molar-refractivity contribution is -0.127. The molecule has 1 aliphatic heterocycles. The second-order valence-electron chi connectivity index (χ2n) is 8.26. The van der Waals surface area contributed by atoms with E-state index in [-0.39, 0.29) is 11.8 Å². The van der Waals surface area contributed by atoms with Gasteiger partial charge in [-0.1, -0.05) is 6.07 Å². The molecule has 0 saturated carbocycles. The largest absolute Gasteiger partial charge is 0.338 e. The van der Waals surface area contributed by atoms with Crippen LogP contribution in [-0.2, 0) is 4.79 Å². The van der Waals surface area contributed by atoms with E-state index in [1.165, 1.54) is 0 Å². The Morgan fingerprint density at radius 1 is 1.09 bits per heavy atom. The number of nitrogens with one attached hydrogen (secondary N) is 1. The molecule has 164 valence electrons. The molecule has 3 aromatic heterocycles. The topological polar surface area (TPSA) is 83.9 Å². The molecule has 1 aliphatic rings. The van der Waals surface area contributed by atoms with Gasteiger partial charge in [0, 0.05) is 65.9 Å². The van der Waals surface area contributed by atoms with Crippen molar-refractivity contribution >= 4 is 23.6 Å². The molecule has 4 heterocycles. The Balaban J connectivity index is 1.48. The van der Waals surface area contributed by atoms with Crippen molar-refractivity contribution in [3.63, 3.8) is 0 Å². The number of aromatic nitrogens is 4. The fourth-order valence-corrected chi connectivity index (χ4v) is 4.05. The van der Waals surface area contributed by atoms with Gasteiger partial charge in [0.15, 0.2) is 0 Å². The predicted molar refractivity (Wildman–Crippen MR) is 126 cm³/mol. The van der Waals surface area contributed by atoms with Crippen LogP contribution in [0.15, 0.2) is 48.8 Å². The van der Waals surface area contributed by atoms with Gasteiger partial charge in [-0.3, -0.25) is 14.8 Å². The van der Waals surface area contributed by atoms with E-state index in [9.17, 15) is 4.79 Å². The van der Waals surface area contributed by atoms with Crippen molar-refractivity contribution in [2.75, 3.05) is 18.4 Å². The summed E-state index contributed by atoms with van der Waals surface area (Å²) in [5, 5.41) is 3.32. The van der Waals surface area contributed by atoms with Crippen molar-refractivity contribution < 1.29 is 4.79 Å². The van der Waals surface area contributed by atoms with Gasteiger partial charge < -0.3 is 10.2 Å². The molecule has 3 aromatic rings. The molecule has 0 unspecified atom stereocenters.